The molecule has 0 aliphatic rings. The van der Waals surface area contributed by atoms with Crippen LogP contribution in [-0.4, -0.2) is 17.0 Å². The lowest BCUT2D eigenvalue weighted by Crippen LogP contribution is -2.11. The average molecular weight is 342 g/mol. The van der Waals surface area contributed by atoms with E-state index in [1.165, 1.54) is 17.4 Å². The Bertz CT molecular complexity index is 725. The summed E-state index contributed by atoms with van der Waals surface area (Å²) < 4.78 is 0. The van der Waals surface area contributed by atoms with Crippen molar-refractivity contribution in [3.63, 3.8) is 0 Å². The Morgan fingerprint density at radius 3 is 2.62 bits per heavy atom. The maximum absolute atomic E-state index is 12.2. The molecular formula is C14H9Cl2NO3S. The van der Waals surface area contributed by atoms with Crippen LogP contribution in [0, 0.1) is 0 Å². The highest BCUT2D eigenvalue weighted by atomic mass is 35.5. The van der Waals surface area contributed by atoms with E-state index in [0.717, 1.165) is 6.08 Å². The molecule has 108 valence electrons. The molecule has 0 aliphatic carbocycles. The molecule has 1 aromatic heterocycles. The van der Waals surface area contributed by atoms with Gasteiger partial charge in [0, 0.05) is 11.8 Å². The van der Waals surface area contributed by atoms with Crippen LogP contribution in [0.3, 0.4) is 0 Å². The van der Waals surface area contributed by atoms with Gasteiger partial charge in [0.1, 0.15) is 0 Å². The van der Waals surface area contributed by atoms with E-state index in [2.05, 4.69) is 5.32 Å². The summed E-state index contributed by atoms with van der Waals surface area (Å²) >= 11 is 12.9. The van der Waals surface area contributed by atoms with Gasteiger partial charge in [-0.1, -0.05) is 23.2 Å². The van der Waals surface area contributed by atoms with Gasteiger partial charge in [-0.05, 0) is 41.3 Å². The molecule has 0 unspecified atom stereocenters. The summed E-state index contributed by atoms with van der Waals surface area (Å²) in [5.41, 5.74) is 1.05. The third-order valence-electron chi connectivity index (χ3n) is 2.48. The van der Waals surface area contributed by atoms with Gasteiger partial charge < -0.3 is 10.4 Å². The number of carbonyl (C=O) groups is 2. The number of aliphatic carboxylic acids is 1. The van der Waals surface area contributed by atoms with Gasteiger partial charge in [0.15, 0.2) is 0 Å². The topological polar surface area (TPSA) is 66.4 Å². The molecule has 0 aliphatic heterocycles. The van der Waals surface area contributed by atoms with Crippen LogP contribution in [0.5, 0.6) is 0 Å². The minimum atomic E-state index is -1.07. The number of nitrogens with one attached hydrogen (secondary N) is 1. The predicted molar refractivity (Wildman–Crippen MR) is 85.4 cm³/mol. The van der Waals surface area contributed by atoms with Crippen molar-refractivity contribution in [1.29, 1.82) is 0 Å². The number of carboxylic acid groups (broad SMARTS) is 1. The van der Waals surface area contributed by atoms with E-state index < -0.39 is 5.97 Å². The largest absolute Gasteiger partial charge is 0.478 e. The Morgan fingerprint density at radius 1 is 1.19 bits per heavy atom. The minimum absolute atomic E-state index is 0.339. The third-order valence-corrected chi connectivity index (χ3v) is 4.15. The first kappa shape index (κ1) is 15.6. The smallest absolute Gasteiger partial charge is 0.328 e. The van der Waals surface area contributed by atoms with Crippen LogP contribution in [0.15, 0.2) is 35.7 Å². The first-order valence-electron chi connectivity index (χ1n) is 5.72. The fraction of sp³-hybridized carbons (Fsp3) is 0. The quantitative estimate of drug-likeness (QED) is 0.809. The van der Waals surface area contributed by atoms with Gasteiger partial charge in [-0.3, -0.25) is 4.79 Å². The van der Waals surface area contributed by atoms with Gasteiger partial charge >= 0.3 is 5.97 Å². The highest BCUT2D eigenvalue weighted by molar-refractivity contribution is 7.12. The molecule has 2 aromatic rings. The molecule has 1 heterocycles. The molecule has 7 heteroatoms. The fourth-order valence-electron chi connectivity index (χ4n) is 1.56. The molecule has 1 aromatic carbocycles. The van der Waals surface area contributed by atoms with E-state index in [1.807, 2.05) is 0 Å². The number of thiophene rings is 1. The number of anilines is 1. The first-order chi connectivity index (χ1) is 9.97. The second-order valence-electron chi connectivity index (χ2n) is 3.96. The maximum atomic E-state index is 12.2. The molecule has 2 N–H and O–H groups in total. The number of carbonyl (C=O) groups excluding carboxylic acids is 1. The molecule has 0 radical (unpaired) electrons. The van der Waals surface area contributed by atoms with E-state index in [-0.39, 0.29) is 5.91 Å². The van der Waals surface area contributed by atoms with Gasteiger partial charge in [0.25, 0.3) is 5.91 Å². The van der Waals surface area contributed by atoms with Crippen LogP contribution in [0.4, 0.5) is 5.69 Å². The number of amides is 1. The van der Waals surface area contributed by atoms with E-state index >= 15 is 0 Å². The van der Waals surface area contributed by atoms with Crippen molar-refractivity contribution in [2.45, 2.75) is 0 Å². The van der Waals surface area contributed by atoms with Crippen LogP contribution >= 0.6 is 34.5 Å². The monoisotopic (exact) mass is 341 g/mol. The minimum Gasteiger partial charge on any atom is -0.478 e. The Balaban J connectivity index is 2.19. The summed E-state index contributed by atoms with van der Waals surface area (Å²) in [5, 5.41) is 13.8. The van der Waals surface area contributed by atoms with Crippen LogP contribution in [0.1, 0.15) is 15.2 Å². The second kappa shape index (κ2) is 6.76. The van der Waals surface area contributed by atoms with Crippen LogP contribution < -0.4 is 5.32 Å². The van der Waals surface area contributed by atoms with Crippen molar-refractivity contribution in [1.82, 2.24) is 0 Å². The number of halogens is 2. The lowest BCUT2D eigenvalue weighted by atomic mass is 10.2. The van der Waals surface area contributed by atoms with Gasteiger partial charge in [-0.2, -0.15) is 0 Å². The highest BCUT2D eigenvalue weighted by Gasteiger charge is 2.12. The van der Waals surface area contributed by atoms with Crippen molar-refractivity contribution in [3.8, 4) is 0 Å². The zero-order valence-electron chi connectivity index (χ0n) is 10.5. The molecule has 1 amide bonds. The normalized spacial score (nSPS) is 10.8. The summed E-state index contributed by atoms with van der Waals surface area (Å²) in [6, 6.07) is 6.43. The Labute approximate surface area is 134 Å². The number of carboxylic acids is 1. The zero-order chi connectivity index (χ0) is 15.4. The molecule has 0 fully saturated rings. The number of hydrogen-bond donors (Lipinski definition) is 2. The van der Waals surface area contributed by atoms with Crippen molar-refractivity contribution in [2.24, 2.45) is 0 Å². The average Bonchev–Trinajstić information content (AvgIpc) is 2.89. The third kappa shape index (κ3) is 4.07. The van der Waals surface area contributed by atoms with E-state index in [4.69, 9.17) is 28.3 Å². The predicted octanol–water partition coefficient (Wildman–Crippen LogP) is 4.41. The van der Waals surface area contributed by atoms with E-state index in [9.17, 15) is 9.59 Å². The summed E-state index contributed by atoms with van der Waals surface area (Å²) in [4.78, 5) is 23.1. The molecule has 0 atom stereocenters. The molecule has 0 bridgehead atoms. The lowest BCUT2D eigenvalue weighted by molar-refractivity contribution is -0.131. The summed E-state index contributed by atoms with van der Waals surface area (Å²) in [7, 11) is 0. The zero-order valence-corrected chi connectivity index (χ0v) is 12.8. The van der Waals surface area contributed by atoms with Crippen LogP contribution in [-0.2, 0) is 4.79 Å². The van der Waals surface area contributed by atoms with Crippen LogP contribution in [0.2, 0.25) is 10.0 Å². The summed E-state index contributed by atoms with van der Waals surface area (Å²) in [5.74, 6) is -1.41. The molecule has 2 rings (SSSR count). The maximum Gasteiger partial charge on any atom is 0.328 e. The molecule has 0 spiro atoms. The Kier molecular flexibility index (Phi) is 5.01. The first-order valence-corrected chi connectivity index (χ1v) is 7.36. The second-order valence-corrected chi connectivity index (χ2v) is 5.69. The highest BCUT2D eigenvalue weighted by Crippen LogP contribution is 2.26. The van der Waals surface area contributed by atoms with Crippen molar-refractivity contribution >= 4 is 58.2 Å². The molecule has 0 saturated heterocycles. The number of benzene rings is 1. The molecular weight excluding hydrogens is 333 g/mol. The van der Waals surface area contributed by atoms with Crippen molar-refractivity contribution in [2.75, 3.05) is 5.32 Å². The molecule has 4 nitrogen and oxygen atoms in total. The molecule has 21 heavy (non-hydrogen) atoms. The van der Waals surface area contributed by atoms with E-state index in [0.29, 0.717) is 26.2 Å². The Hall–Kier alpha value is -1.82. The number of rotatable bonds is 4. The van der Waals surface area contributed by atoms with E-state index in [1.54, 1.807) is 29.6 Å². The fourth-order valence-corrected chi connectivity index (χ4v) is 2.64. The lowest BCUT2D eigenvalue weighted by Gasteiger charge is -2.06. The summed E-state index contributed by atoms with van der Waals surface area (Å²) in [6.45, 7) is 0. The van der Waals surface area contributed by atoms with Gasteiger partial charge in [0.2, 0.25) is 0 Å². The van der Waals surface area contributed by atoms with Gasteiger partial charge in [-0.15, -0.1) is 11.3 Å². The molecule has 0 saturated carbocycles. The SMILES string of the molecule is O=C(O)C=Cc1ccsc1C(=O)Nc1ccc(Cl)c(Cl)c1. The van der Waals surface area contributed by atoms with Gasteiger partial charge in [0.05, 0.1) is 14.9 Å². The van der Waals surface area contributed by atoms with Crippen LogP contribution in [0.25, 0.3) is 6.08 Å². The summed E-state index contributed by atoms with van der Waals surface area (Å²) in [6.07, 6.45) is 2.36. The van der Waals surface area contributed by atoms with Gasteiger partial charge in [-0.25, -0.2) is 4.79 Å². The standard InChI is InChI=1S/C14H9Cl2NO3S/c15-10-3-2-9(7-11(10)16)17-14(20)13-8(5-6-21-13)1-4-12(18)19/h1-7H,(H,17,20)(H,18,19). The Morgan fingerprint density at radius 2 is 1.95 bits per heavy atom. The van der Waals surface area contributed by atoms with Crippen molar-refractivity contribution < 1.29 is 14.7 Å². The van der Waals surface area contributed by atoms with Crippen molar-refractivity contribution in [3.05, 3.63) is 56.2 Å². The number of hydrogen-bond acceptors (Lipinski definition) is 3.